The Bertz CT molecular complexity index is 1160. The molecular weight excluding hydrogens is 468 g/mol. The van der Waals surface area contributed by atoms with Gasteiger partial charge in [-0.2, -0.15) is 0 Å². The van der Waals surface area contributed by atoms with E-state index in [-0.39, 0.29) is 22.7 Å². The molecule has 3 rings (SSSR count). The summed E-state index contributed by atoms with van der Waals surface area (Å²) < 4.78 is 11.2. The summed E-state index contributed by atoms with van der Waals surface area (Å²) in [5.74, 6) is -0.153. The van der Waals surface area contributed by atoms with Crippen molar-refractivity contribution in [3.05, 3.63) is 50.5 Å². The number of carbonyl (C=O) groups is 1. The van der Waals surface area contributed by atoms with E-state index in [1.807, 2.05) is 32.0 Å². The van der Waals surface area contributed by atoms with Crippen LogP contribution in [-0.4, -0.2) is 62.1 Å². The standard InChI is InChI=1S/C22H25ClN4O5S/c1-13-7-8-15(23)20-19(13)24-22(33-20)26(10-6-9-25(2)3)21(28)14-11-17(31-4)18(32-5)12-16(14)27(29)30/h7-8,11-12H,6,9-10H2,1-5H3. The third-order valence-corrected chi connectivity index (χ3v) is 6.62. The molecule has 0 radical (unpaired) electrons. The third kappa shape index (κ3) is 5.18. The Kier molecular flexibility index (Phi) is 7.72. The summed E-state index contributed by atoms with van der Waals surface area (Å²) in [7, 11) is 6.66. The van der Waals surface area contributed by atoms with Crippen molar-refractivity contribution < 1.29 is 19.2 Å². The van der Waals surface area contributed by atoms with Gasteiger partial charge >= 0.3 is 0 Å². The van der Waals surface area contributed by atoms with E-state index in [0.29, 0.717) is 28.6 Å². The van der Waals surface area contributed by atoms with Gasteiger partial charge in [0, 0.05) is 12.6 Å². The number of ether oxygens (including phenoxy) is 2. The van der Waals surface area contributed by atoms with Crippen LogP contribution in [0.15, 0.2) is 24.3 Å². The fourth-order valence-electron chi connectivity index (χ4n) is 3.37. The number of amides is 1. The fraction of sp³-hybridized carbons (Fsp3) is 0.364. The molecule has 0 fully saturated rings. The number of aromatic nitrogens is 1. The number of aryl methyl sites for hydroxylation is 1. The minimum Gasteiger partial charge on any atom is -0.493 e. The van der Waals surface area contributed by atoms with Gasteiger partial charge in [0.1, 0.15) is 5.56 Å². The molecule has 0 saturated heterocycles. The van der Waals surface area contributed by atoms with Crippen LogP contribution in [0.3, 0.4) is 0 Å². The molecule has 11 heteroatoms. The van der Waals surface area contributed by atoms with E-state index in [0.717, 1.165) is 16.8 Å². The summed E-state index contributed by atoms with van der Waals surface area (Å²) in [6, 6.07) is 6.19. The number of nitro benzene ring substituents is 1. The van der Waals surface area contributed by atoms with Gasteiger partial charge in [0.2, 0.25) is 0 Å². The van der Waals surface area contributed by atoms with Crippen molar-refractivity contribution in [1.82, 2.24) is 9.88 Å². The van der Waals surface area contributed by atoms with E-state index in [4.69, 9.17) is 21.1 Å². The zero-order valence-electron chi connectivity index (χ0n) is 19.0. The molecule has 0 atom stereocenters. The van der Waals surface area contributed by atoms with Gasteiger partial charge in [-0.15, -0.1) is 0 Å². The van der Waals surface area contributed by atoms with Crippen molar-refractivity contribution in [3.8, 4) is 11.5 Å². The average molecular weight is 493 g/mol. The number of methoxy groups -OCH3 is 2. The maximum Gasteiger partial charge on any atom is 0.286 e. The van der Waals surface area contributed by atoms with Gasteiger partial charge in [0.25, 0.3) is 11.6 Å². The zero-order valence-corrected chi connectivity index (χ0v) is 20.6. The largest absolute Gasteiger partial charge is 0.493 e. The van der Waals surface area contributed by atoms with Gasteiger partial charge in [-0.05, 0) is 45.6 Å². The molecule has 1 aromatic heterocycles. The Morgan fingerprint density at radius 2 is 1.85 bits per heavy atom. The summed E-state index contributed by atoms with van der Waals surface area (Å²) in [5, 5.41) is 12.8. The van der Waals surface area contributed by atoms with Gasteiger partial charge in [-0.1, -0.05) is 29.0 Å². The predicted octanol–water partition coefficient (Wildman–Crippen LogP) is 4.78. The van der Waals surface area contributed by atoms with Crippen LogP contribution in [0.4, 0.5) is 10.8 Å². The van der Waals surface area contributed by atoms with E-state index in [9.17, 15) is 14.9 Å². The van der Waals surface area contributed by atoms with Gasteiger partial charge in [-0.25, -0.2) is 4.98 Å². The Morgan fingerprint density at radius 1 is 1.18 bits per heavy atom. The third-order valence-electron chi connectivity index (χ3n) is 5.08. The Balaban J connectivity index is 2.14. The van der Waals surface area contributed by atoms with Crippen molar-refractivity contribution in [2.45, 2.75) is 13.3 Å². The number of thiazole rings is 1. The molecule has 33 heavy (non-hydrogen) atoms. The molecule has 0 unspecified atom stereocenters. The number of halogens is 1. The van der Waals surface area contributed by atoms with Crippen LogP contribution in [0.25, 0.3) is 10.2 Å². The second kappa shape index (κ2) is 10.3. The fourth-order valence-corrected chi connectivity index (χ4v) is 4.71. The lowest BCUT2D eigenvalue weighted by molar-refractivity contribution is -0.385. The van der Waals surface area contributed by atoms with Gasteiger partial charge in [0.15, 0.2) is 16.6 Å². The van der Waals surface area contributed by atoms with E-state index in [1.165, 1.54) is 42.6 Å². The number of anilines is 1. The molecular formula is C22H25ClN4O5S. The minimum atomic E-state index is -0.605. The van der Waals surface area contributed by atoms with Gasteiger partial charge in [-0.3, -0.25) is 19.8 Å². The number of nitro groups is 1. The SMILES string of the molecule is COc1cc(C(=O)N(CCCN(C)C)c2nc3c(C)ccc(Cl)c3s2)c([N+](=O)[O-])cc1OC. The number of carbonyl (C=O) groups excluding carboxylic acids is 1. The number of benzene rings is 2. The highest BCUT2D eigenvalue weighted by Crippen LogP contribution is 2.39. The van der Waals surface area contributed by atoms with Crippen molar-refractivity contribution in [1.29, 1.82) is 0 Å². The predicted molar refractivity (Wildman–Crippen MR) is 130 cm³/mol. The molecule has 1 amide bonds. The lowest BCUT2D eigenvalue weighted by Crippen LogP contribution is -2.34. The number of nitrogens with zero attached hydrogens (tertiary/aromatic N) is 4. The van der Waals surface area contributed by atoms with E-state index in [2.05, 4.69) is 4.98 Å². The van der Waals surface area contributed by atoms with Crippen LogP contribution in [0.5, 0.6) is 11.5 Å². The Morgan fingerprint density at radius 3 is 2.42 bits per heavy atom. The lowest BCUT2D eigenvalue weighted by atomic mass is 10.1. The molecule has 3 aromatic rings. The van der Waals surface area contributed by atoms with E-state index >= 15 is 0 Å². The van der Waals surface area contributed by atoms with Gasteiger partial charge in [0.05, 0.1) is 40.4 Å². The second-order valence-corrected chi connectivity index (χ2v) is 9.02. The Hall–Kier alpha value is -2.95. The summed E-state index contributed by atoms with van der Waals surface area (Å²) in [6.45, 7) is 2.96. The molecule has 0 spiro atoms. The summed E-state index contributed by atoms with van der Waals surface area (Å²) in [4.78, 5) is 33.0. The molecule has 1 heterocycles. The average Bonchev–Trinajstić information content (AvgIpc) is 3.24. The van der Waals surface area contributed by atoms with Crippen LogP contribution in [0, 0.1) is 17.0 Å². The van der Waals surface area contributed by atoms with E-state index < -0.39 is 10.8 Å². The maximum atomic E-state index is 13.7. The monoisotopic (exact) mass is 492 g/mol. The highest BCUT2D eigenvalue weighted by atomic mass is 35.5. The number of fused-ring (bicyclic) bond motifs is 1. The molecule has 2 aromatic carbocycles. The van der Waals surface area contributed by atoms with E-state index in [1.54, 1.807) is 6.07 Å². The molecule has 0 saturated carbocycles. The number of hydrogen-bond donors (Lipinski definition) is 0. The summed E-state index contributed by atoms with van der Waals surface area (Å²) in [6.07, 6.45) is 0.641. The first-order chi connectivity index (χ1) is 15.7. The van der Waals surface area contributed by atoms with Crippen molar-refractivity contribution in [2.24, 2.45) is 0 Å². The highest BCUT2D eigenvalue weighted by molar-refractivity contribution is 7.23. The van der Waals surface area contributed by atoms with Crippen molar-refractivity contribution in [2.75, 3.05) is 46.3 Å². The number of rotatable bonds is 9. The normalized spacial score (nSPS) is 11.1. The molecule has 0 N–H and O–H groups in total. The van der Waals surface area contributed by atoms with Crippen LogP contribution in [0.2, 0.25) is 5.02 Å². The molecule has 9 nitrogen and oxygen atoms in total. The van der Waals surface area contributed by atoms with Gasteiger partial charge < -0.3 is 14.4 Å². The molecule has 0 bridgehead atoms. The Labute approximate surface area is 200 Å². The van der Waals surface area contributed by atoms with Crippen LogP contribution >= 0.6 is 22.9 Å². The lowest BCUT2D eigenvalue weighted by Gasteiger charge is -2.21. The number of hydrogen-bond acceptors (Lipinski definition) is 8. The highest BCUT2D eigenvalue weighted by Gasteiger charge is 2.30. The topological polar surface area (TPSA) is 98.0 Å². The zero-order chi connectivity index (χ0) is 24.3. The first kappa shape index (κ1) is 24.7. The summed E-state index contributed by atoms with van der Waals surface area (Å²) >= 11 is 7.65. The molecule has 0 aliphatic heterocycles. The van der Waals surface area contributed by atoms with Crippen LogP contribution in [0.1, 0.15) is 22.3 Å². The van der Waals surface area contributed by atoms with Crippen LogP contribution in [-0.2, 0) is 0 Å². The second-order valence-electron chi connectivity index (χ2n) is 7.63. The van der Waals surface area contributed by atoms with Crippen molar-refractivity contribution in [3.63, 3.8) is 0 Å². The first-order valence-electron chi connectivity index (χ1n) is 10.1. The smallest absolute Gasteiger partial charge is 0.286 e. The van der Waals surface area contributed by atoms with Crippen molar-refractivity contribution >= 4 is 49.9 Å². The maximum absolute atomic E-state index is 13.7. The first-order valence-corrected chi connectivity index (χ1v) is 11.3. The minimum absolute atomic E-state index is 0.107. The summed E-state index contributed by atoms with van der Waals surface area (Å²) in [5.41, 5.74) is 1.15. The molecule has 0 aliphatic rings. The van der Waals surface area contributed by atoms with Crippen LogP contribution < -0.4 is 14.4 Å². The molecule has 176 valence electrons. The quantitative estimate of drug-likeness (QED) is 0.313. The molecule has 0 aliphatic carbocycles.